The molecule has 1 saturated heterocycles. The predicted octanol–water partition coefficient (Wildman–Crippen LogP) is 0.694. The maximum absolute atomic E-state index is 10.0. The molecule has 1 fully saturated rings. The Hall–Kier alpha value is -1.96. The van der Waals surface area contributed by atoms with E-state index in [1.54, 1.807) is 0 Å². The molecule has 0 saturated carbocycles. The van der Waals surface area contributed by atoms with Crippen LogP contribution in [0.1, 0.15) is 33.3 Å². The first kappa shape index (κ1) is 22.1. The SMILES string of the molecule is CCc1ccc(O[C@@H]2OC[C@@H](O)C(O)[C@@H]2O)c(NC(C)(C)C)c1.O=C=O. The highest BCUT2D eigenvalue weighted by Crippen LogP contribution is 2.31. The Balaban J connectivity index is 0.00000105. The van der Waals surface area contributed by atoms with Crippen molar-refractivity contribution in [1.82, 2.24) is 0 Å². The molecule has 0 aliphatic carbocycles. The number of ether oxygens (including phenoxy) is 2. The number of aliphatic hydroxyl groups is 3. The van der Waals surface area contributed by atoms with Crippen LogP contribution in [0.15, 0.2) is 18.2 Å². The van der Waals surface area contributed by atoms with Crippen LogP contribution in [0.4, 0.5) is 5.69 Å². The highest BCUT2D eigenvalue weighted by atomic mass is 16.7. The minimum atomic E-state index is -1.31. The van der Waals surface area contributed by atoms with Gasteiger partial charge in [0.1, 0.15) is 24.1 Å². The van der Waals surface area contributed by atoms with Crippen LogP contribution in [0, 0.1) is 0 Å². The summed E-state index contributed by atoms with van der Waals surface area (Å²) in [5.41, 5.74) is 1.80. The van der Waals surface area contributed by atoms with E-state index in [0.29, 0.717) is 5.75 Å². The van der Waals surface area contributed by atoms with E-state index >= 15 is 0 Å². The van der Waals surface area contributed by atoms with Crippen LogP contribution in [0.25, 0.3) is 0 Å². The van der Waals surface area contributed by atoms with Gasteiger partial charge in [0.2, 0.25) is 6.29 Å². The summed E-state index contributed by atoms with van der Waals surface area (Å²) in [7, 11) is 0. The number of anilines is 1. The molecule has 0 bridgehead atoms. The molecule has 1 aromatic rings. The summed E-state index contributed by atoms with van der Waals surface area (Å²) < 4.78 is 11.1. The van der Waals surface area contributed by atoms with Crippen LogP contribution in [0.3, 0.4) is 0 Å². The van der Waals surface area contributed by atoms with Gasteiger partial charge in [0, 0.05) is 5.54 Å². The molecule has 1 aliphatic heterocycles. The van der Waals surface area contributed by atoms with Crippen molar-refractivity contribution in [3.05, 3.63) is 23.8 Å². The molecule has 1 aromatic carbocycles. The molecular weight excluding hydrogens is 342 g/mol. The molecule has 0 aromatic heterocycles. The fourth-order valence-electron chi connectivity index (χ4n) is 2.41. The second kappa shape index (κ2) is 9.66. The average molecular weight is 369 g/mol. The number of aryl methyl sites for hydroxylation is 1. The molecular formula is C18H27NO7. The maximum atomic E-state index is 10.0. The molecule has 0 radical (unpaired) electrons. The molecule has 8 nitrogen and oxygen atoms in total. The predicted molar refractivity (Wildman–Crippen MR) is 92.6 cm³/mol. The molecule has 1 unspecified atom stereocenters. The average Bonchev–Trinajstić information content (AvgIpc) is 2.56. The molecule has 8 heteroatoms. The molecule has 4 atom stereocenters. The van der Waals surface area contributed by atoms with Crippen molar-refractivity contribution < 1.29 is 34.4 Å². The third kappa shape index (κ3) is 6.40. The number of hydrogen-bond donors (Lipinski definition) is 4. The molecule has 0 spiro atoms. The monoisotopic (exact) mass is 369 g/mol. The molecule has 146 valence electrons. The van der Waals surface area contributed by atoms with E-state index in [1.807, 2.05) is 39.0 Å². The third-order valence-electron chi connectivity index (χ3n) is 3.66. The number of benzene rings is 1. The van der Waals surface area contributed by atoms with Crippen LogP contribution in [0.5, 0.6) is 5.75 Å². The Labute approximate surface area is 152 Å². The fourth-order valence-corrected chi connectivity index (χ4v) is 2.41. The summed E-state index contributed by atoms with van der Waals surface area (Å²) in [6.07, 6.45) is -3.59. The van der Waals surface area contributed by atoms with Crippen molar-refractivity contribution >= 4 is 11.8 Å². The number of nitrogens with one attached hydrogen (secondary N) is 1. The fraction of sp³-hybridized carbons (Fsp3) is 0.611. The zero-order chi connectivity index (χ0) is 19.9. The summed E-state index contributed by atoms with van der Waals surface area (Å²) in [5.74, 6) is 0.532. The summed E-state index contributed by atoms with van der Waals surface area (Å²) in [6, 6.07) is 5.77. The summed E-state index contributed by atoms with van der Waals surface area (Å²) in [6.45, 7) is 8.12. The van der Waals surface area contributed by atoms with Gasteiger partial charge in [0.25, 0.3) is 0 Å². The van der Waals surface area contributed by atoms with Crippen LogP contribution < -0.4 is 10.1 Å². The van der Waals surface area contributed by atoms with E-state index in [4.69, 9.17) is 19.1 Å². The van der Waals surface area contributed by atoms with E-state index in [-0.39, 0.29) is 18.3 Å². The standard InChI is InChI=1S/C17H27NO5.CO2/c1-5-10-6-7-13(11(8-10)18-17(2,3)4)23-16-15(21)14(20)12(19)9-22-16;2-1-3/h6-8,12,14-16,18-21H,5,9H2,1-4H3;/t12-,14?,15+,16+;/m1./s1. The van der Waals surface area contributed by atoms with Gasteiger partial charge in [-0.05, 0) is 44.9 Å². The van der Waals surface area contributed by atoms with Crippen molar-refractivity contribution in [2.75, 3.05) is 11.9 Å². The van der Waals surface area contributed by atoms with Crippen LogP contribution in [0.2, 0.25) is 0 Å². The Kier molecular flexibility index (Phi) is 8.20. The lowest BCUT2D eigenvalue weighted by molar-refractivity contribution is -0.241. The van der Waals surface area contributed by atoms with Gasteiger partial charge >= 0.3 is 6.15 Å². The Morgan fingerprint density at radius 3 is 2.38 bits per heavy atom. The lowest BCUT2D eigenvalue weighted by Gasteiger charge is -2.35. The van der Waals surface area contributed by atoms with Gasteiger partial charge in [-0.1, -0.05) is 13.0 Å². The molecule has 0 amide bonds. The lowest BCUT2D eigenvalue weighted by Crippen LogP contribution is -2.54. The minimum Gasteiger partial charge on any atom is -0.460 e. The van der Waals surface area contributed by atoms with E-state index in [1.165, 1.54) is 0 Å². The Morgan fingerprint density at radius 1 is 1.23 bits per heavy atom. The number of carbonyl (C=O) groups excluding carboxylic acids is 2. The molecule has 1 aliphatic rings. The zero-order valence-electron chi connectivity index (χ0n) is 15.4. The van der Waals surface area contributed by atoms with E-state index in [9.17, 15) is 15.3 Å². The molecule has 4 N–H and O–H groups in total. The molecule has 2 rings (SSSR count). The highest BCUT2D eigenvalue weighted by Gasteiger charge is 2.39. The number of rotatable bonds is 4. The van der Waals surface area contributed by atoms with Crippen molar-refractivity contribution in [2.24, 2.45) is 0 Å². The van der Waals surface area contributed by atoms with Crippen molar-refractivity contribution in [3.63, 3.8) is 0 Å². The van der Waals surface area contributed by atoms with Gasteiger partial charge in [0.15, 0.2) is 0 Å². The molecule has 1 heterocycles. The van der Waals surface area contributed by atoms with Crippen LogP contribution in [-0.2, 0) is 20.7 Å². The summed E-state index contributed by atoms with van der Waals surface area (Å²) >= 11 is 0. The second-order valence-corrected chi connectivity index (χ2v) is 7.01. The largest absolute Gasteiger partial charge is 0.460 e. The van der Waals surface area contributed by atoms with E-state index in [0.717, 1.165) is 17.7 Å². The Bertz CT molecular complexity index is 608. The van der Waals surface area contributed by atoms with Gasteiger partial charge < -0.3 is 30.1 Å². The third-order valence-corrected chi connectivity index (χ3v) is 3.66. The molecule has 26 heavy (non-hydrogen) atoms. The first-order valence-corrected chi connectivity index (χ1v) is 8.35. The maximum Gasteiger partial charge on any atom is 0.373 e. The quantitative estimate of drug-likeness (QED) is 0.611. The number of aliphatic hydroxyl groups excluding tert-OH is 3. The van der Waals surface area contributed by atoms with Crippen molar-refractivity contribution in [2.45, 2.75) is 64.3 Å². The number of hydrogen-bond acceptors (Lipinski definition) is 8. The summed E-state index contributed by atoms with van der Waals surface area (Å²) in [5, 5.41) is 32.6. The van der Waals surface area contributed by atoms with E-state index in [2.05, 4.69) is 12.2 Å². The Morgan fingerprint density at radius 2 is 1.85 bits per heavy atom. The highest BCUT2D eigenvalue weighted by molar-refractivity contribution is 5.59. The van der Waals surface area contributed by atoms with Crippen LogP contribution in [-0.4, -0.2) is 58.2 Å². The van der Waals surface area contributed by atoms with Crippen molar-refractivity contribution in [3.8, 4) is 5.75 Å². The van der Waals surface area contributed by atoms with Gasteiger partial charge in [-0.25, -0.2) is 0 Å². The smallest absolute Gasteiger partial charge is 0.373 e. The lowest BCUT2D eigenvalue weighted by atomic mass is 10.0. The van der Waals surface area contributed by atoms with Crippen LogP contribution >= 0.6 is 0 Å². The van der Waals surface area contributed by atoms with Crippen molar-refractivity contribution in [1.29, 1.82) is 0 Å². The topological polar surface area (TPSA) is 125 Å². The summed E-state index contributed by atoms with van der Waals surface area (Å²) in [4.78, 5) is 16.2. The second-order valence-electron chi connectivity index (χ2n) is 7.01. The van der Waals surface area contributed by atoms with Gasteiger partial charge in [0.05, 0.1) is 12.3 Å². The first-order chi connectivity index (χ1) is 12.1. The van der Waals surface area contributed by atoms with Gasteiger partial charge in [-0.15, -0.1) is 0 Å². The van der Waals surface area contributed by atoms with E-state index < -0.39 is 24.6 Å². The van der Waals surface area contributed by atoms with Gasteiger partial charge in [-0.2, -0.15) is 9.59 Å². The van der Waals surface area contributed by atoms with Gasteiger partial charge in [-0.3, -0.25) is 0 Å². The first-order valence-electron chi connectivity index (χ1n) is 8.35. The minimum absolute atomic E-state index is 0.0853. The zero-order valence-corrected chi connectivity index (χ0v) is 15.4. The normalized spacial score (nSPS) is 25.5.